The van der Waals surface area contributed by atoms with Crippen LogP contribution in [0.3, 0.4) is 0 Å². The second kappa shape index (κ2) is 8.65. The largest absolute Gasteiger partial charge is 0.338 e. The van der Waals surface area contributed by atoms with Crippen LogP contribution >= 0.6 is 39.9 Å². The van der Waals surface area contributed by atoms with Crippen molar-refractivity contribution in [3.05, 3.63) is 33.3 Å². The van der Waals surface area contributed by atoms with E-state index < -0.39 is 0 Å². The summed E-state index contributed by atoms with van der Waals surface area (Å²) in [4.78, 5) is 11.9. The highest BCUT2D eigenvalue weighted by molar-refractivity contribution is 9.10. The van der Waals surface area contributed by atoms with E-state index in [9.17, 15) is 4.79 Å². The summed E-state index contributed by atoms with van der Waals surface area (Å²) in [5.74, 6) is 0.795. The minimum atomic E-state index is -0.0877. The first-order valence-electron chi connectivity index (χ1n) is 7.58. The van der Waals surface area contributed by atoms with Crippen molar-refractivity contribution in [2.45, 2.75) is 31.5 Å². The maximum atomic E-state index is 11.9. The Morgan fingerprint density at radius 2 is 2.13 bits per heavy atom. The highest BCUT2D eigenvalue weighted by Gasteiger charge is 2.27. The van der Waals surface area contributed by atoms with Gasteiger partial charge in [0.1, 0.15) is 0 Å². The first-order valence-corrected chi connectivity index (χ1v) is 8.75. The van der Waals surface area contributed by atoms with E-state index in [0.29, 0.717) is 6.54 Å². The smallest absolute Gasteiger partial charge is 0.235 e. The molecule has 2 atom stereocenters. The van der Waals surface area contributed by atoms with E-state index in [1.807, 2.05) is 18.2 Å². The number of rotatable bonds is 6. The molecular weight excluding hydrogens is 403 g/mol. The van der Waals surface area contributed by atoms with Crippen molar-refractivity contribution >= 4 is 45.8 Å². The van der Waals surface area contributed by atoms with Gasteiger partial charge in [-0.05, 0) is 49.1 Å². The molecule has 2 unspecified atom stereocenters. The molecule has 1 heterocycles. The Morgan fingerprint density at radius 3 is 2.87 bits per heavy atom. The minimum absolute atomic E-state index is 0. The number of benzene rings is 1. The summed E-state index contributed by atoms with van der Waals surface area (Å²) in [6, 6.07) is 5.87. The second-order valence-corrected chi connectivity index (χ2v) is 7.26. The Kier molecular flexibility index (Phi) is 7.13. The zero-order chi connectivity index (χ0) is 15.5. The molecule has 1 saturated heterocycles. The maximum Gasteiger partial charge on any atom is 0.235 e. The number of carbonyl (C=O) groups is 1. The average Bonchev–Trinajstić information content (AvgIpc) is 3.19. The molecule has 1 aliphatic heterocycles. The lowest BCUT2D eigenvalue weighted by molar-refractivity contribution is -0.121. The summed E-state index contributed by atoms with van der Waals surface area (Å²) in [5.41, 5.74) is 7.32. The highest BCUT2D eigenvalue weighted by atomic mass is 79.9. The number of hydrogen-bond acceptors (Lipinski definition) is 4. The van der Waals surface area contributed by atoms with E-state index in [-0.39, 0.29) is 30.5 Å². The predicted octanol–water partition coefficient (Wildman–Crippen LogP) is 2.51. The van der Waals surface area contributed by atoms with Crippen LogP contribution in [0.1, 0.15) is 30.9 Å². The van der Waals surface area contributed by atoms with Crippen LogP contribution < -0.4 is 21.5 Å². The lowest BCUT2D eigenvalue weighted by Gasteiger charge is -2.13. The van der Waals surface area contributed by atoms with Gasteiger partial charge in [0.15, 0.2) is 0 Å². The summed E-state index contributed by atoms with van der Waals surface area (Å²) in [6.07, 6.45) is 3.25. The molecule has 2 fully saturated rings. The molecule has 2 aliphatic rings. The van der Waals surface area contributed by atoms with Gasteiger partial charge in [-0.2, -0.15) is 0 Å². The molecule has 0 bridgehead atoms. The third-order valence-corrected chi connectivity index (χ3v) is 4.82. The summed E-state index contributed by atoms with van der Waals surface area (Å²) in [7, 11) is 0. The fourth-order valence-electron chi connectivity index (χ4n) is 2.59. The Balaban J connectivity index is 0.00000192. The van der Waals surface area contributed by atoms with Crippen LogP contribution in [0.4, 0.5) is 0 Å². The first kappa shape index (κ1) is 19.0. The summed E-state index contributed by atoms with van der Waals surface area (Å²) < 4.78 is 0.991. The molecule has 1 aliphatic carbocycles. The van der Waals surface area contributed by atoms with Gasteiger partial charge in [-0.1, -0.05) is 27.5 Å². The number of nitrogens with one attached hydrogen (secondary N) is 4. The van der Waals surface area contributed by atoms with Crippen LogP contribution in [0.5, 0.6) is 0 Å². The van der Waals surface area contributed by atoms with Crippen LogP contribution in [-0.2, 0) is 4.79 Å². The maximum absolute atomic E-state index is 11.9. The lowest BCUT2D eigenvalue weighted by atomic mass is 10.0. The van der Waals surface area contributed by atoms with E-state index in [1.165, 1.54) is 12.8 Å². The van der Waals surface area contributed by atoms with Crippen LogP contribution in [-0.4, -0.2) is 25.2 Å². The molecule has 1 amide bonds. The number of hydrogen-bond donors (Lipinski definition) is 4. The Morgan fingerprint density at radius 1 is 1.35 bits per heavy atom. The fourth-order valence-corrected chi connectivity index (χ4v) is 3.22. The van der Waals surface area contributed by atoms with E-state index in [4.69, 9.17) is 11.6 Å². The molecule has 0 aromatic heterocycles. The normalized spacial score (nSPS) is 23.4. The summed E-state index contributed by atoms with van der Waals surface area (Å²) in [5, 5.41) is 6.89. The van der Waals surface area contributed by atoms with Gasteiger partial charge in [-0.3, -0.25) is 4.79 Å². The van der Waals surface area contributed by atoms with E-state index in [0.717, 1.165) is 33.9 Å². The van der Waals surface area contributed by atoms with Crippen molar-refractivity contribution in [1.82, 2.24) is 21.5 Å². The van der Waals surface area contributed by atoms with Crippen LogP contribution in [0.15, 0.2) is 22.7 Å². The van der Waals surface area contributed by atoms with Crippen LogP contribution in [0.2, 0.25) is 5.02 Å². The van der Waals surface area contributed by atoms with Gasteiger partial charge in [-0.25, -0.2) is 10.9 Å². The molecule has 0 radical (unpaired) electrons. The van der Waals surface area contributed by atoms with Crippen molar-refractivity contribution < 1.29 is 4.79 Å². The Bertz CT molecular complexity index is 556. The molecule has 1 aromatic rings. The third-order valence-electron chi connectivity index (χ3n) is 3.99. The zero-order valence-electron chi connectivity index (χ0n) is 12.6. The Hall–Kier alpha value is -0.370. The van der Waals surface area contributed by atoms with Gasteiger partial charge >= 0.3 is 0 Å². The van der Waals surface area contributed by atoms with Gasteiger partial charge in [0.05, 0.1) is 18.8 Å². The van der Waals surface area contributed by atoms with E-state index >= 15 is 0 Å². The molecule has 4 N–H and O–H groups in total. The number of amides is 1. The summed E-state index contributed by atoms with van der Waals surface area (Å²) in [6.45, 7) is 1.32. The third kappa shape index (κ3) is 5.59. The molecule has 0 spiro atoms. The minimum Gasteiger partial charge on any atom is -0.338 e. The van der Waals surface area contributed by atoms with Gasteiger partial charge in [0.2, 0.25) is 5.91 Å². The number of hydrazine groups is 1. The molecule has 3 rings (SSSR count). The monoisotopic (exact) mass is 422 g/mol. The molecule has 1 aromatic carbocycles. The first-order chi connectivity index (χ1) is 10.6. The lowest BCUT2D eigenvalue weighted by Crippen LogP contribution is -2.47. The topological polar surface area (TPSA) is 65.2 Å². The SMILES string of the molecule is Cl.O=C(CNCC1CC1)NC1CC(c2cc(Br)ccc2Cl)NN1. The van der Waals surface area contributed by atoms with Crippen molar-refractivity contribution in [2.75, 3.05) is 13.1 Å². The van der Waals surface area contributed by atoms with Crippen molar-refractivity contribution in [3.8, 4) is 0 Å². The van der Waals surface area contributed by atoms with Crippen LogP contribution in [0.25, 0.3) is 0 Å². The molecular formula is C15H21BrCl2N4O. The van der Waals surface area contributed by atoms with Gasteiger partial charge in [0.25, 0.3) is 0 Å². The molecule has 8 heteroatoms. The fraction of sp³-hybridized carbons (Fsp3) is 0.533. The average molecular weight is 424 g/mol. The van der Waals surface area contributed by atoms with E-state index in [2.05, 4.69) is 37.4 Å². The zero-order valence-corrected chi connectivity index (χ0v) is 15.7. The summed E-state index contributed by atoms with van der Waals surface area (Å²) >= 11 is 9.71. The standard InChI is InChI=1S/C15H20BrClN4O.ClH/c16-10-3-4-12(17)11(5-10)13-6-14(21-20-13)19-15(22)8-18-7-9-1-2-9;/h3-5,9,13-14,18,20-21H,1-2,6-8H2,(H,19,22);1H. The van der Waals surface area contributed by atoms with Crippen molar-refractivity contribution in [2.24, 2.45) is 5.92 Å². The van der Waals surface area contributed by atoms with Crippen molar-refractivity contribution in [1.29, 1.82) is 0 Å². The van der Waals surface area contributed by atoms with Gasteiger partial charge in [-0.15, -0.1) is 12.4 Å². The molecule has 128 valence electrons. The van der Waals surface area contributed by atoms with Crippen LogP contribution in [0, 0.1) is 5.92 Å². The molecule has 1 saturated carbocycles. The Labute approximate surface area is 155 Å². The number of halogens is 3. The molecule has 5 nitrogen and oxygen atoms in total. The second-order valence-electron chi connectivity index (χ2n) is 5.94. The molecule has 23 heavy (non-hydrogen) atoms. The quantitative estimate of drug-likeness (QED) is 0.567. The number of carbonyl (C=O) groups excluding carboxylic acids is 1. The van der Waals surface area contributed by atoms with Crippen molar-refractivity contribution in [3.63, 3.8) is 0 Å². The van der Waals surface area contributed by atoms with E-state index in [1.54, 1.807) is 0 Å². The van der Waals surface area contributed by atoms with Gasteiger partial charge in [0, 0.05) is 15.9 Å². The van der Waals surface area contributed by atoms with Gasteiger partial charge < -0.3 is 10.6 Å². The highest BCUT2D eigenvalue weighted by Crippen LogP contribution is 2.30. The predicted molar refractivity (Wildman–Crippen MR) is 97.6 cm³/mol.